The average molecular weight is 459 g/mol. The second-order valence-corrected chi connectivity index (χ2v) is 7.35. The number of aliphatic hydroxyl groups is 2. The SMILES string of the molecule is NC(=O)OCC[C@@H]1O[C@H](COC(=O)c2ccccc2)[C@H](OC(=O)c2ccccc2)[C@H](O)[C@H]1O. The van der Waals surface area contributed by atoms with Gasteiger partial charge in [-0.1, -0.05) is 36.4 Å². The van der Waals surface area contributed by atoms with Crippen LogP contribution in [0, 0.1) is 0 Å². The number of ether oxygens (including phenoxy) is 4. The first-order chi connectivity index (χ1) is 15.9. The molecule has 5 atom stereocenters. The summed E-state index contributed by atoms with van der Waals surface area (Å²) in [5.41, 5.74) is 5.47. The summed E-state index contributed by atoms with van der Waals surface area (Å²) in [6.07, 6.45) is -7.42. The summed E-state index contributed by atoms with van der Waals surface area (Å²) < 4.78 is 21.2. The molecule has 0 unspecified atom stereocenters. The Morgan fingerprint density at radius 1 is 0.818 bits per heavy atom. The quantitative estimate of drug-likeness (QED) is 0.388. The molecule has 1 aliphatic heterocycles. The van der Waals surface area contributed by atoms with Crippen LogP contribution in [0.3, 0.4) is 0 Å². The fraction of sp³-hybridized carbons (Fsp3) is 0.348. The highest BCUT2D eigenvalue weighted by Crippen LogP contribution is 2.27. The van der Waals surface area contributed by atoms with Gasteiger partial charge in [-0.3, -0.25) is 0 Å². The second-order valence-electron chi connectivity index (χ2n) is 7.35. The van der Waals surface area contributed by atoms with Gasteiger partial charge < -0.3 is 34.9 Å². The van der Waals surface area contributed by atoms with Crippen molar-refractivity contribution in [1.29, 1.82) is 0 Å². The number of rotatable bonds is 8. The molecule has 0 spiro atoms. The molecule has 2 aromatic carbocycles. The Labute approximate surface area is 189 Å². The van der Waals surface area contributed by atoms with E-state index in [2.05, 4.69) is 4.74 Å². The van der Waals surface area contributed by atoms with Gasteiger partial charge in [0.2, 0.25) is 0 Å². The molecule has 0 saturated carbocycles. The summed E-state index contributed by atoms with van der Waals surface area (Å²) in [6, 6.07) is 16.3. The largest absolute Gasteiger partial charge is 0.459 e. The molecule has 2 aromatic rings. The van der Waals surface area contributed by atoms with E-state index in [1.54, 1.807) is 48.5 Å². The summed E-state index contributed by atoms with van der Waals surface area (Å²) in [6.45, 7) is -0.536. The van der Waals surface area contributed by atoms with Gasteiger partial charge in [0.1, 0.15) is 24.9 Å². The van der Waals surface area contributed by atoms with E-state index in [4.69, 9.17) is 19.9 Å². The topological polar surface area (TPSA) is 155 Å². The predicted octanol–water partition coefficient (Wildman–Crippen LogP) is 1.04. The van der Waals surface area contributed by atoms with E-state index in [1.807, 2.05) is 0 Å². The Hall–Kier alpha value is -3.47. The molecule has 1 aliphatic rings. The molecule has 33 heavy (non-hydrogen) atoms. The Morgan fingerprint density at radius 3 is 1.97 bits per heavy atom. The molecule has 4 N–H and O–H groups in total. The predicted molar refractivity (Wildman–Crippen MR) is 113 cm³/mol. The number of hydrogen-bond donors (Lipinski definition) is 3. The fourth-order valence-corrected chi connectivity index (χ4v) is 3.39. The van der Waals surface area contributed by atoms with Crippen LogP contribution >= 0.6 is 0 Å². The van der Waals surface area contributed by atoms with Crippen molar-refractivity contribution in [2.45, 2.75) is 36.9 Å². The normalized spacial score (nSPS) is 24.5. The van der Waals surface area contributed by atoms with E-state index in [0.717, 1.165) is 0 Å². The molecule has 0 aliphatic carbocycles. The number of primary amides is 1. The molecule has 10 nitrogen and oxygen atoms in total. The highest BCUT2D eigenvalue weighted by atomic mass is 16.6. The molecular formula is C23H25NO9. The lowest BCUT2D eigenvalue weighted by Crippen LogP contribution is -2.60. The monoisotopic (exact) mass is 459 g/mol. The van der Waals surface area contributed by atoms with Gasteiger partial charge in [-0.05, 0) is 24.3 Å². The van der Waals surface area contributed by atoms with Crippen molar-refractivity contribution in [3.05, 3.63) is 71.8 Å². The third-order valence-corrected chi connectivity index (χ3v) is 5.07. The maximum atomic E-state index is 12.5. The van der Waals surface area contributed by atoms with E-state index in [1.165, 1.54) is 12.1 Å². The van der Waals surface area contributed by atoms with Gasteiger partial charge >= 0.3 is 18.0 Å². The third-order valence-electron chi connectivity index (χ3n) is 5.07. The first kappa shape index (κ1) is 24.2. The molecule has 0 aromatic heterocycles. The molecule has 176 valence electrons. The maximum absolute atomic E-state index is 12.5. The van der Waals surface area contributed by atoms with Gasteiger partial charge in [0, 0.05) is 6.42 Å². The van der Waals surface area contributed by atoms with Gasteiger partial charge in [0.05, 0.1) is 23.8 Å². The van der Waals surface area contributed by atoms with Gasteiger partial charge in [-0.25, -0.2) is 14.4 Å². The first-order valence-electron chi connectivity index (χ1n) is 10.3. The van der Waals surface area contributed by atoms with Crippen LogP contribution in [0.4, 0.5) is 4.79 Å². The Morgan fingerprint density at radius 2 is 1.39 bits per heavy atom. The molecule has 0 radical (unpaired) electrons. The van der Waals surface area contributed by atoms with E-state index in [0.29, 0.717) is 5.56 Å². The molecule has 1 saturated heterocycles. The summed E-state index contributed by atoms with van der Waals surface area (Å²) in [5.74, 6) is -1.38. The fourth-order valence-electron chi connectivity index (χ4n) is 3.39. The van der Waals surface area contributed by atoms with Crippen molar-refractivity contribution in [1.82, 2.24) is 0 Å². The number of carbonyl (C=O) groups excluding carboxylic acids is 3. The average Bonchev–Trinajstić information content (AvgIpc) is 2.83. The van der Waals surface area contributed by atoms with Crippen molar-refractivity contribution in [2.24, 2.45) is 5.73 Å². The summed E-state index contributed by atoms with van der Waals surface area (Å²) in [5, 5.41) is 21.2. The van der Waals surface area contributed by atoms with Crippen LogP contribution in [0.5, 0.6) is 0 Å². The zero-order valence-electron chi connectivity index (χ0n) is 17.6. The summed E-state index contributed by atoms with van der Waals surface area (Å²) >= 11 is 0. The van der Waals surface area contributed by atoms with Gasteiger partial charge in [0.25, 0.3) is 0 Å². The van der Waals surface area contributed by atoms with Crippen molar-refractivity contribution < 1.29 is 43.5 Å². The van der Waals surface area contributed by atoms with Crippen LogP contribution in [0.1, 0.15) is 27.1 Å². The van der Waals surface area contributed by atoms with Crippen LogP contribution in [0.25, 0.3) is 0 Å². The number of carbonyl (C=O) groups is 3. The highest BCUT2D eigenvalue weighted by Gasteiger charge is 2.47. The molecule has 10 heteroatoms. The van der Waals surface area contributed by atoms with Crippen LogP contribution in [0.15, 0.2) is 60.7 Å². The van der Waals surface area contributed by atoms with Crippen LogP contribution in [-0.2, 0) is 18.9 Å². The molecule has 1 heterocycles. The number of nitrogens with two attached hydrogens (primary N) is 1. The van der Waals surface area contributed by atoms with E-state index < -0.39 is 48.6 Å². The first-order valence-corrected chi connectivity index (χ1v) is 10.3. The number of benzene rings is 2. The molecule has 0 bridgehead atoms. The van der Waals surface area contributed by atoms with Crippen LogP contribution in [0.2, 0.25) is 0 Å². The highest BCUT2D eigenvalue weighted by molar-refractivity contribution is 5.90. The van der Waals surface area contributed by atoms with Crippen LogP contribution < -0.4 is 5.73 Å². The smallest absolute Gasteiger partial charge is 0.404 e. The molecule has 1 amide bonds. The summed E-state index contributed by atoms with van der Waals surface area (Å²) in [7, 11) is 0. The van der Waals surface area contributed by atoms with E-state index in [-0.39, 0.29) is 25.2 Å². The minimum Gasteiger partial charge on any atom is -0.459 e. The third kappa shape index (κ3) is 6.51. The Bertz CT molecular complexity index is 937. The number of aliphatic hydroxyl groups excluding tert-OH is 2. The van der Waals surface area contributed by atoms with E-state index in [9.17, 15) is 24.6 Å². The minimum atomic E-state index is -1.55. The molecule has 1 fully saturated rings. The molecular weight excluding hydrogens is 434 g/mol. The molecule has 3 rings (SSSR count). The summed E-state index contributed by atoms with van der Waals surface area (Å²) in [4.78, 5) is 35.7. The number of esters is 2. The number of amides is 1. The Kier molecular flexibility index (Phi) is 8.36. The minimum absolute atomic E-state index is 0.00362. The van der Waals surface area contributed by atoms with Gasteiger partial charge in [-0.2, -0.15) is 0 Å². The van der Waals surface area contributed by atoms with Gasteiger partial charge in [-0.15, -0.1) is 0 Å². The van der Waals surface area contributed by atoms with E-state index >= 15 is 0 Å². The second kappa shape index (κ2) is 11.4. The van der Waals surface area contributed by atoms with Crippen molar-refractivity contribution in [2.75, 3.05) is 13.2 Å². The zero-order chi connectivity index (χ0) is 23.8. The lowest BCUT2D eigenvalue weighted by atomic mass is 9.93. The Balaban J connectivity index is 1.73. The maximum Gasteiger partial charge on any atom is 0.404 e. The van der Waals surface area contributed by atoms with Crippen molar-refractivity contribution in [3.8, 4) is 0 Å². The van der Waals surface area contributed by atoms with Crippen LogP contribution in [-0.4, -0.2) is 72.0 Å². The zero-order valence-corrected chi connectivity index (χ0v) is 17.6. The van der Waals surface area contributed by atoms with Crippen molar-refractivity contribution in [3.63, 3.8) is 0 Å². The van der Waals surface area contributed by atoms with Gasteiger partial charge in [0.15, 0.2) is 6.10 Å². The lowest BCUT2D eigenvalue weighted by Gasteiger charge is -2.42. The lowest BCUT2D eigenvalue weighted by molar-refractivity contribution is -0.231. The van der Waals surface area contributed by atoms with Crippen molar-refractivity contribution >= 4 is 18.0 Å². The number of hydrogen-bond acceptors (Lipinski definition) is 9. The standard InChI is InChI=1S/C23H25NO9/c24-23(29)30-12-11-16-18(25)19(26)20(33-22(28)15-9-5-2-6-10-15)17(32-16)13-31-21(27)14-7-3-1-4-8-14/h1-10,16-20,25-26H,11-13H2,(H2,24,29)/t16-,17+,18-,19+,20-/m0/s1.